The molecule has 8 nitrogen and oxygen atoms in total. The molecule has 0 saturated carbocycles. The number of aromatic nitrogens is 2. The van der Waals surface area contributed by atoms with Crippen molar-refractivity contribution in [3.05, 3.63) is 18.0 Å². The fourth-order valence-electron chi connectivity index (χ4n) is 5.67. The number of piperidine rings is 1. The Kier molecular flexibility index (Phi) is 8.77. The molecule has 1 aromatic heterocycles. The van der Waals surface area contributed by atoms with Crippen LogP contribution in [0, 0.1) is 0 Å². The monoisotopic (exact) mass is 472 g/mol. The maximum atomic E-state index is 11.7. The average molecular weight is 473 g/mol. The minimum atomic E-state index is -0.0225. The SMILES string of the molecule is CC(C)OCC(=O)NCCCN1CCC(c2cnc(N3C4CCC3CN(C(C)C)C4)nc2)CC1. The number of nitrogens with one attached hydrogen (secondary N) is 1. The molecule has 0 spiro atoms. The van der Waals surface area contributed by atoms with Crippen LogP contribution in [0.25, 0.3) is 0 Å². The van der Waals surface area contributed by atoms with Crippen LogP contribution in [0.15, 0.2) is 12.4 Å². The van der Waals surface area contributed by atoms with Crippen LogP contribution in [-0.2, 0) is 9.53 Å². The summed E-state index contributed by atoms with van der Waals surface area (Å²) in [7, 11) is 0. The Bertz CT molecular complexity index is 764. The van der Waals surface area contributed by atoms with Crippen molar-refractivity contribution in [2.45, 2.75) is 89.9 Å². The van der Waals surface area contributed by atoms with Crippen molar-refractivity contribution in [1.82, 2.24) is 25.1 Å². The number of hydrogen-bond acceptors (Lipinski definition) is 7. The van der Waals surface area contributed by atoms with Crippen LogP contribution in [0.5, 0.6) is 0 Å². The van der Waals surface area contributed by atoms with E-state index in [1.165, 1.54) is 18.4 Å². The molecule has 34 heavy (non-hydrogen) atoms. The third-order valence-electron chi connectivity index (χ3n) is 7.71. The lowest BCUT2D eigenvalue weighted by Crippen LogP contribution is -2.56. The third kappa shape index (κ3) is 6.46. The van der Waals surface area contributed by atoms with E-state index in [0.717, 1.165) is 57.9 Å². The van der Waals surface area contributed by atoms with Gasteiger partial charge in [-0.1, -0.05) is 0 Å². The summed E-state index contributed by atoms with van der Waals surface area (Å²) < 4.78 is 5.34. The first kappa shape index (κ1) is 25.3. The molecule has 1 N–H and O–H groups in total. The zero-order valence-corrected chi connectivity index (χ0v) is 21.6. The van der Waals surface area contributed by atoms with Gasteiger partial charge in [-0.2, -0.15) is 0 Å². The highest BCUT2D eigenvalue weighted by Gasteiger charge is 2.41. The molecule has 3 saturated heterocycles. The molecule has 4 rings (SSSR count). The molecule has 0 aliphatic carbocycles. The highest BCUT2D eigenvalue weighted by molar-refractivity contribution is 5.77. The second-order valence-corrected chi connectivity index (χ2v) is 10.8. The predicted octanol–water partition coefficient (Wildman–Crippen LogP) is 2.65. The van der Waals surface area contributed by atoms with Gasteiger partial charge in [-0.15, -0.1) is 0 Å². The van der Waals surface area contributed by atoms with Crippen LogP contribution in [0.3, 0.4) is 0 Å². The summed E-state index contributed by atoms with van der Waals surface area (Å²) in [6.45, 7) is 14.8. The van der Waals surface area contributed by atoms with E-state index >= 15 is 0 Å². The normalized spacial score (nSPS) is 24.4. The van der Waals surface area contributed by atoms with Gasteiger partial charge in [-0.05, 0) is 90.9 Å². The van der Waals surface area contributed by atoms with Crippen LogP contribution >= 0.6 is 0 Å². The van der Waals surface area contributed by atoms with Gasteiger partial charge in [0.25, 0.3) is 0 Å². The van der Waals surface area contributed by atoms with Gasteiger partial charge in [0.15, 0.2) is 0 Å². The van der Waals surface area contributed by atoms with E-state index in [-0.39, 0.29) is 18.6 Å². The smallest absolute Gasteiger partial charge is 0.246 e. The molecule has 2 bridgehead atoms. The van der Waals surface area contributed by atoms with E-state index in [4.69, 9.17) is 14.7 Å². The van der Waals surface area contributed by atoms with Gasteiger partial charge in [-0.3, -0.25) is 9.69 Å². The highest BCUT2D eigenvalue weighted by atomic mass is 16.5. The van der Waals surface area contributed by atoms with E-state index in [9.17, 15) is 4.79 Å². The Morgan fingerprint density at radius 2 is 1.71 bits per heavy atom. The maximum absolute atomic E-state index is 11.7. The van der Waals surface area contributed by atoms with Crippen LogP contribution in [0.4, 0.5) is 5.95 Å². The second-order valence-electron chi connectivity index (χ2n) is 10.8. The summed E-state index contributed by atoms with van der Waals surface area (Å²) in [5.74, 6) is 1.45. The second kappa shape index (κ2) is 11.8. The molecule has 0 radical (unpaired) electrons. The molecule has 2 unspecified atom stereocenters. The fourth-order valence-corrected chi connectivity index (χ4v) is 5.67. The van der Waals surface area contributed by atoms with Gasteiger partial charge in [-0.25, -0.2) is 9.97 Å². The molecule has 8 heteroatoms. The van der Waals surface area contributed by atoms with Crippen molar-refractivity contribution in [2.75, 3.05) is 50.8 Å². The van der Waals surface area contributed by atoms with Gasteiger partial charge >= 0.3 is 0 Å². The summed E-state index contributed by atoms with van der Waals surface area (Å²) in [5.41, 5.74) is 1.29. The largest absolute Gasteiger partial charge is 0.369 e. The minimum absolute atomic E-state index is 0.0225. The van der Waals surface area contributed by atoms with Gasteiger partial charge in [0.1, 0.15) is 6.61 Å². The van der Waals surface area contributed by atoms with Gasteiger partial charge in [0.2, 0.25) is 11.9 Å². The summed E-state index contributed by atoms with van der Waals surface area (Å²) in [6.07, 6.45) is 10.1. The molecule has 3 aliphatic rings. The quantitative estimate of drug-likeness (QED) is 0.525. The molecule has 2 atom stereocenters. The number of carbonyl (C=O) groups excluding carboxylic acids is 1. The Morgan fingerprint density at radius 3 is 2.29 bits per heavy atom. The van der Waals surface area contributed by atoms with Crippen LogP contribution in [-0.4, -0.2) is 95.8 Å². The zero-order chi connectivity index (χ0) is 24.1. The number of ether oxygens (including phenoxy) is 1. The van der Waals surface area contributed by atoms with Crippen molar-refractivity contribution in [1.29, 1.82) is 0 Å². The number of piperazine rings is 1. The van der Waals surface area contributed by atoms with E-state index < -0.39 is 0 Å². The number of nitrogens with zero attached hydrogens (tertiary/aromatic N) is 5. The van der Waals surface area contributed by atoms with Crippen LogP contribution in [0.1, 0.15) is 71.3 Å². The van der Waals surface area contributed by atoms with E-state index in [0.29, 0.717) is 30.6 Å². The molecule has 3 aliphatic heterocycles. The Labute approximate surface area is 205 Å². The topological polar surface area (TPSA) is 73.8 Å². The van der Waals surface area contributed by atoms with Crippen molar-refractivity contribution in [2.24, 2.45) is 0 Å². The number of hydrogen-bond donors (Lipinski definition) is 1. The molecule has 1 amide bonds. The first-order valence-corrected chi connectivity index (χ1v) is 13.4. The fraction of sp³-hybridized carbons (Fsp3) is 0.808. The van der Waals surface area contributed by atoms with Crippen molar-refractivity contribution in [3.63, 3.8) is 0 Å². The van der Waals surface area contributed by atoms with Crippen LogP contribution < -0.4 is 10.2 Å². The van der Waals surface area contributed by atoms with E-state index in [2.05, 4.69) is 46.3 Å². The summed E-state index contributed by atoms with van der Waals surface area (Å²) >= 11 is 0. The lowest BCUT2D eigenvalue weighted by Gasteiger charge is -2.42. The number of likely N-dealkylation sites (tertiary alicyclic amines) is 2. The standard InChI is InChI=1S/C26H44N6O2/c1-19(2)31-16-23-6-7-24(17-31)32(23)26-28-14-22(15-29-26)21-8-12-30(13-9-21)11-5-10-27-25(33)18-34-20(3)4/h14-15,19-21,23-24H,5-13,16-18H2,1-4H3,(H,27,33). The number of amides is 1. The first-order chi connectivity index (χ1) is 16.4. The van der Waals surface area contributed by atoms with Gasteiger partial charge in [0.05, 0.1) is 6.10 Å². The minimum Gasteiger partial charge on any atom is -0.369 e. The first-order valence-electron chi connectivity index (χ1n) is 13.4. The lowest BCUT2D eigenvalue weighted by atomic mass is 9.91. The summed E-state index contributed by atoms with van der Waals surface area (Å²) in [6, 6.07) is 1.73. The lowest BCUT2D eigenvalue weighted by molar-refractivity contribution is -0.127. The summed E-state index contributed by atoms with van der Waals surface area (Å²) in [5, 5.41) is 2.95. The number of rotatable bonds is 10. The molecule has 3 fully saturated rings. The Balaban J connectivity index is 1.18. The Morgan fingerprint density at radius 1 is 1.06 bits per heavy atom. The highest BCUT2D eigenvalue weighted by Crippen LogP contribution is 2.34. The molecule has 190 valence electrons. The molecule has 4 heterocycles. The van der Waals surface area contributed by atoms with Crippen molar-refractivity contribution < 1.29 is 9.53 Å². The zero-order valence-electron chi connectivity index (χ0n) is 21.6. The third-order valence-corrected chi connectivity index (χ3v) is 7.71. The van der Waals surface area contributed by atoms with Crippen molar-refractivity contribution >= 4 is 11.9 Å². The molecular formula is C26H44N6O2. The number of fused-ring (bicyclic) bond motifs is 2. The van der Waals surface area contributed by atoms with Gasteiger partial charge < -0.3 is 19.9 Å². The molecule has 0 aromatic carbocycles. The Hall–Kier alpha value is -1.77. The number of anilines is 1. The average Bonchev–Trinajstić information content (AvgIpc) is 3.09. The molecule has 1 aromatic rings. The van der Waals surface area contributed by atoms with Crippen molar-refractivity contribution in [3.8, 4) is 0 Å². The molecular weight excluding hydrogens is 428 g/mol. The van der Waals surface area contributed by atoms with Gasteiger partial charge in [0, 0.05) is 50.2 Å². The van der Waals surface area contributed by atoms with E-state index in [1.807, 2.05) is 13.8 Å². The number of carbonyl (C=O) groups is 1. The predicted molar refractivity (Wildman–Crippen MR) is 135 cm³/mol. The maximum Gasteiger partial charge on any atom is 0.246 e. The summed E-state index contributed by atoms with van der Waals surface area (Å²) in [4.78, 5) is 29.0. The van der Waals surface area contributed by atoms with E-state index in [1.54, 1.807) is 0 Å². The van der Waals surface area contributed by atoms with Crippen LogP contribution in [0.2, 0.25) is 0 Å².